The third-order valence-electron chi connectivity index (χ3n) is 1.38. The summed E-state index contributed by atoms with van der Waals surface area (Å²) in [4.78, 5) is 22.2. The van der Waals surface area contributed by atoms with E-state index in [1.165, 1.54) is 11.9 Å². The molecule has 13 heavy (non-hydrogen) atoms. The summed E-state index contributed by atoms with van der Waals surface area (Å²) in [5.74, 6) is -0.466. The van der Waals surface area contributed by atoms with Crippen molar-refractivity contribution in [2.75, 3.05) is 14.1 Å². The van der Waals surface area contributed by atoms with Crippen LogP contribution in [0, 0.1) is 0 Å². The Morgan fingerprint density at radius 3 is 2.00 bits per heavy atom. The summed E-state index contributed by atoms with van der Waals surface area (Å²) >= 11 is 0. The predicted octanol–water partition coefficient (Wildman–Crippen LogP) is -0.506. The molecule has 0 saturated carbocycles. The van der Waals surface area contributed by atoms with Crippen LogP contribution in [0.4, 0.5) is 0 Å². The second-order valence-electron chi connectivity index (χ2n) is 3.64. The van der Waals surface area contributed by atoms with Crippen LogP contribution >= 0.6 is 0 Å². The van der Waals surface area contributed by atoms with Crippen LogP contribution < -0.4 is 10.7 Å². The van der Waals surface area contributed by atoms with Crippen LogP contribution in [0.1, 0.15) is 20.8 Å². The molecular weight excluding hydrogens is 170 g/mol. The third-order valence-corrected chi connectivity index (χ3v) is 1.38. The first-order valence-electron chi connectivity index (χ1n) is 4.03. The lowest BCUT2D eigenvalue weighted by atomic mass is 10.1. The summed E-state index contributed by atoms with van der Waals surface area (Å²) in [6, 6.07) is 0. The third kappa shape index (κ3) is 4.47. The minimum atomic E-state index is -0.879. The molecule has 0 aromatic rings. The molecular formula is C8H17N3O2. The monoisotopic (exact) mass is 187 g/mol. The number of hydrazine groups is 1. The van der Waals surface area contributed by atoms with Crippen molar-refractivity contribution in [3.63, 3.8) is 0 Å². The Balaban J connectivity index is 4.27. The van der Waals surface area contributed by atoms with Gasteiger partial charge in [-0.25, -0.2) is 5.01 Å². The second kappa shape index (κ2) is 4.23. The van der Waals surface area contributed by atoms with Gasteiger partial charge in [-0.15, -0.1) is 0 Å². The maximum absolute atomic E-state index is 11.4. The molecule has 5 nitrogen and oxygen atoms in total. The van der Waals surface area contributed by atoms with E-state index in [9.17, 15) is 9.59 Å². The summed E-state index contributed by atoms with van der Waals surface area (Å²) in [6.07, 6.45) is 0. The summed E-state index contributed by atoms with van der Waals surface area (Å²) in [6.45, 7) is 4.67. The molecule has 0 aromatic heterocycles. The molecule has 0 aromatic carbocycles. The molecule has 0 unspecified atom stereocenters. The molecule has 2 amide bonds. The van der Waals surface area contributed by atoms with Crippen LogP contribution in [0.25, 0.3) is 0 Å². The highest BCUT2D eigenvalue weighted by atomic mass is 16.2. The zero-order chi connectivity index (χ0) is 10.6. The van der Waals surface area contributed by atoms with Crippen molar-refractivity contribution in [2.24, 2.45) is 0 Å². The Bertz CT molecular complexity index is 211. The van der Waals surface area contributed by atoms with Crippen LogP contribution in [0.3, 0.4) is 0 Å². The van der Waals surface area contributed by atoms with Gasteiger partial charge in [0.05, 0.1) is 0 Å². The van der Waals surface area contributed by atoms with Gasteiger partial charge in [0, 0.05) is 21.0 Å². The van der Waals surface area contributed by atoms with E-state index in [0.29, 0.717) is 0 Å². The average molecular weight is 187 g/mol. The molecule has 0 saturated heterocycles. The van der Waals surface area contributed by atoms with Crippen LogP contribution in [-0.2, 0) is 9.59 Å². The number of nitrogens with zero attached hydrogens (tertiary/aromatic N) is 1. The molecule has 0 atom stereocenters. The van der Waals surface area contributed by atoms with Crippen molar-refractivity contribution in [1.29, 1.82) is 0 Å². The van der Waals surface area contributed by atoms with Crippen molar-refractivity contribution >= 4 is 11.8 Å². The molecule has 0 spiro atoms. The largest absolute Gasteiger partial charge is 0.342 e. The van der Waals surface area contributed by atoms with E-state index < -0.39 is 5.54 Å². The van der Waals surface area contributed by atoms with Crippen LogP contribution in [0.5, 0.6) is 0 Å². The van der Waals surface area contributed by atoms with Crippen LogP contribution in [0.2, 0.25) is 0 Å². The minimum Gasteiger partial charge on any atom is -0.342 e. The van der Waals surface area contributed by atoms with Crippen LogP contribution in [-0.4, -0.2) is 36.5 Å². The van der Waals surface area contributed by atoms with Gasteiger partial charge in [0.1, 0.15) is 5.54 Å². The van der Waals surface area contributed by atoms with E-state index in [2.05, 4.69) is 10.7 Å². The summed E-state index contributed by atoms with van der Waals surface area (Å²) in [5, 5.41) is 4.08. The Morgan fingerprint density at radius 2 is 1.69 bits per heavy atom. The second-order valence-corrected chi connectivity index (χ2v) is 3.64. The number of rotatable bonds is 3. The highest BCUT2D eigenvalue weighted by Gasteiger charge is 2.28. The highest BCUT2D eigenvalue weighted by Crippen LogP contribution is 2.01. The lowest BCUT2D eigenvalue weighted by Crippen LogP contribution is -2.56. The van der Waals surface area contributed by atoms with Gasteiger partial charge in [-0.3, -0.25) is 15.0 Å². The summed E-state index contributed by atoms with van der Waals surface area (Å²) < 4.78 is 0. The van der Waals surface area contributed by atoms with Gasteiger partial charge in [-0.1, -0.05) is 0 Å². The van der Waals surface area contributed by atoms with Gasteiger partial charge in [-0.2, -0.15) is 0 Å². The van der Waals surface area contributed by atoms with Gasteiger partial charge in [-0.05, 0) is 13.8 Å². The Kier molecular flexibility index (Phi) is 3.87. The van der Waals surface area contributed by atoms with Crippen molar-refractivity contribution in [3.05, 3.63) is 0 Å². The normalized spacial score (nSPS) is 11.2. The molecule has 5 heteroatoms. The van der Waals surface area contributed by atoms with Crippen molar-refractivity contribution in [3.8, 4) is 0 Å². The number of hydrogen-bond acceptors (Lipinski definition) is 3. The molecule has 0 aliphatic carbocycles. The Labute approximate surface area is 78.4 Å². The molecule has 0 bridgehead atoms. The molecule has 76 valence electrons. The number of carbonyl (C=O) groups is 2. The van der Waals surface area contributed by atoms with E-state index in [1.807, 2.05) is 0 Å². The molecule has 0 heterocycles. The number of nitrogens with one attached hydrogen (secondary N) is 2. The standard InChI is InChI=1S/C8H17N3O2/c1-6(12)9-8(2,3)7(13)10-11(4)5/h1-5H3,(H,9,12)(H,10,13). The van der Waals surface area contributed by atoms with Crippen molar-refractivity contribution < 1.29 is 9.59 Å². The highest BCUT2D eigenvalue weighted by molar-refractivity contribution is 5.89. The number of amides is 2. The molecule has 0 radical (unpaired) electrons. The van der Waals surface area contributed by atoms with Crippen LogP contribution in [0.15, 0.2) is 0 Å². The predicted molar refractivity (Wildman–Crippen MR) is 49.7 cm³/mol. The maximum atomic E-state index is 11.4. The SMILES string of the molecule is CC(=O)NC(C)(C)C(=O)NN(C)C. The molecule has 0 aliphatic rings. The van der Waals surface area contributed by atoms with E-state index in [4.69, 9.17) is 0 Å². The lowest BCUT2D eigenvalue weighted by molar-refractivity contribution is -0.134. The quantitative estimate of drug-likeness (QED) is 0.585. The van der Waals surface area contributed by atoms with E-state index in [-0.39, 0.29) is 11.8 Å². The summed E-state index contributed by atoms with van der Waals surface area (Å²) in [7, 11) is 3.42. The molecule has 2 N–H and O–H groups in total. The Hall–Kier alpha value is -1.10. The smallest absolute Gasteiger partial charge is 0.259 e. The van der Waals surface area contributed by atoms with Gasteiger partial charge in [0.15, 0.2) is 0 Å². The van der Waals surface area contributed by atoms with E-state index >= 15 is 0 Å². The molecule has 0 aliphatic heterocycles. The first-order chi connectivity index (χ1) is 5.75. The lowest BCUT2D eigenvalue weighted by Gasteiger charge is -2.26. The topological polar surface area (TPSA) is 61.4 Å². The van der Waals surface area contributed by atoms with Crippen molar-refractivity contribution in [2.45, 2.75) is 26.3 Å². The van der Waals surface area contributed by atoms with E-state index in [1.54, 1.807) is 27.9 Å². The fourth-order valence-electron chi connectivity index (χ4n) is 0.840. The van der Waals surface area contributed by atoms with Crippen molar-refractivity contribution in [1.82, 2.24) is 15.8 Å². The fraction of sp³-hybridized carbons (Fsp3) is 0.750. The van der Waals surface area contributed by atoms with Gasteiger partial charge >= 0.3 is 0 Å². The molecule has 0 fully saturated rings. The number of carbonyl (C=O) groups excluding carboxylic acids is 2. The summed E-state index contributed by atoms with van der Waals surface area (Å²) in [5.41, 5.74) is 1.69. The number of hydrogen-bond donors (Lipinski definition) is 2. The minimum absolute atomic E-state index is 0.223. The van der Waals surface area contributed by atoms with Gasteiger partial charge < -0.3 is 5.32 Å². The first-order valence-corrected chi connectivity index (χ1v) is 4.03. The molecule has 0 rings (SSSR count). The van der Waals surface area contributed by atoms with E-state index in [0.717, 1.165) is 0 Å². The zero-order valence-electron chi connectivity index (χ0n) is 8.76. The van der Waals surface area contributed by atoms with Gasteiger partial charge in [0.2, 0.25) is 5.91 Å². The Morgan fingerprint density at radius 1 is 1.23 bits per heavy atom. The van der Waals surface area contributed by atoms with Gasteiger partial charge in [0.25, 0.3) is 5.91 Å². The maximum Gasteiger partial charge on any atom is 0.259 e. The first kappa shape index (κ1) is 11.9. The average Bonchev–Trinajstić information content (AvgIpc) is 1.81. The zero-order valence-corrected chi connectivity index (χ0v) is 8.76. The fourth-order valence-corrected chi connectivity index (χ4v) is 0.840.